The number of halogens is 1. The zero-order valence-corrected chi connectivity index (χ0v) is 22.9. The molecule has 202 valence electrons. The van der Waals surface area contributed by atoms with E-state index in [2.05, 4.69) is 4.98 Å². The molecule has 0 aliphatic rings. The van der Waals surface area contributed by atoms with E-state index in [4.69, 9.17) is 27.5 Å². The van der Waals surface area contributed by atoms with Crippen LogP contribution in [-0.4, -0.2) is 44.6 Å². The van der Waals surface area contributed by atoms with Crippen molar-refractivity contribution in [3.8, 4) is 0 Å². The van der Waals surface area contributed by atoms with Gasteiger partial charge in [0.25, 0.3) is 10.0 Å². The number of aryl methyl sites for hydroxylation is 2. The van der Waals surface area contributed by atoms with Crippen molar-refractivity contribution in [3.63, 3.8) is 0 Å². The van der Waals surface area contributed by atoms with Gasteiger partial charge in [-0.2, -0.15) is 0 Å². The first-order chi connectivity index (χ1) is 18.5. The van der Waals surface area contributed by atoms with Crippen LogP contribution in [0, 0.1) is 12.3 Å². The largest absolute Gasteiger partial charge is 0.468 e. The van der Waals surface area contributed by atoms with E-state index in [1.165, 1.54) is 43.5 Å². The van der Waals surface area contributed by atoms with Gasteiger partial charge in [0, 0.05) is 39.2 Å². The van der Waals surface area contributed by atoms with Gasteiger partial charge in [0.2, 0.25) is 0 Å². The van der Waals surface area contributed by atoms with Crippen LogP contribution in [0.3, 0.4) is 0 Å². The molecule has 0 spiro atoms. The number of aromatic nitrogens is 1. The van der Waals surface area contributed by atoms with Crippen LogP contribution >= 0.6 is 11.6 Å². The second-order valence-corrected chi connectivity index (χ2v) is 11.2. The lowest BCUT2D eigenvalue weighted by molar-refractivity contribution is -0.138. The van der Waals surface area contributed by atoms with Crippen LogP contribution in [0.5, 0.6) is 0 Å². The van der Waals surface area contributed by atoms with Crippen LogP contribution in [0.15, 0.2) is 71.6 Å². The number of hydrogen-bond acceptors (Lipinski definition) is 6. The molecule has 0 saturated carbocycles. The summed E-state index contributed by atoms with van der Waals surface area (Å²) in [6.07, 6.45) is 0.661. The number of nitrogens with two attached hydrogens (primary N) is 1. The molecule has 0 unspecified atom stereocenters. The Labute approximate surface area is 231 Å². The number of ether oxygens (including phenoxy) is 1. The summed E-state index contributed by atoms with van der Waals surface area (Å²) in [4.78, 5) is 28.5. The average Bonchev–Trinajstić information content (AvgIpc) is 3.25. The minimum absolute atomic E-state index is 0.0287. The van der Waals surface area contributed by atoms with E-state index in [9.17, 15) is 18.0 Å². The van der Waals surface area contributed by atoms with Gasteiger partial charge in [-0.15, -0.1) is 0 Å². The average molecular weight is 567 g/mol. The molecule has 1 aromatic heterocycles. The highest BCUT2D eigenvalue weighted by molar-refractivity contribution is 7.92. The predicted molar refractivity (Wildman–Crippen MR) is 151 cm³/mol. The van der Waals surface area contributed by atoms with Gasteiger partial charge >= 0.3 is 5.97 Å². The third-order valence-electron chi connectivity index (χ3n) is 6.35. The van der Waals surface area contributed by atoms with Crippen molar-refractivity contribution in [1.29, 1.82) is 5.41 Å². The fourth-order valence-electron chi connectivity index (χ4n) is 4.29. The number of methoxy groups -OCH3 is 1. The summed E-state index contributed by atoms with van der Waals surface area (Å²) in [5.41, 5.74) is 8.91. The smallest absolute Gasteiger partial charge is 0.326 e. The number of rotatable bonds is 10. The van der Waals surface area contributed by atoms with Gasteiger partial charge in [-0.3, -0.25) is 19.3 Å². The number of nitrogens with zero attached hydrogens (tertiary/aromatic N) is 1. The number of sulfonamides is 1. The molecular weight excluding hydrogens is 540 g/mol. The number of aromatic amines is 1. The Morgan fingerprint density at radius 3 is 2.33 bits per heavy atom. The van der Waals surface area contributed by atoms with Crippen molar-refractivity contribution in [3.05, 3.63) is 94.1 Å². The first-order valence-corrected chi connectivity index (χ1v) is 13.8. The van der Waals surface area contributed by atoms with Crippen molar-refractivity contribution >= 4 is 55.8 Å². The van der Waals surface area contributed by atoms with Gasteiger partial charge in [0.1, 0.15) is 12.4 Å². The maximum Gasteiger partial charge on any atom is 0.326 e. The molecule has 39 heavy (non-hydrogen) atoms. The summed E-state index contributed by atoms with van der Waals surface area (Å²) in [7, 11) is -3.05. The first-order valence-electron chi connectivity index (χ1n) is 11.9. The normalized spacial score (nSPS) is 11.4. The van der Waals surface area contributed by atoms with Crippen molar-refractivity contribution in [2.24, 2.45) is 5.73 Å². The molecule has 0 amide bonds. The molecule has 0 fully saturated rings. The van der Waals surface area contributed by atoms with Crippen molar-refractivity contribution in [1.82, 2.24) is 4.98 Å². The summed E-state index contributed by atoms with van der Waals surface area (Å²) in [6, 6.07) is 17.6. The number of anilines is 1. The number of fused-ring (bicyclic) bond motifs is 1. The van der Waals surface area contributed by atoms with Gasteiger partial charge in [-0.05, 0) is 61.4 Å². The quantitative estimate of drug-likeness (QED) is 0.111. The first kappa shape index (κ1) is 27.9. The van der Waals surface area contributed by atoms with Crippen LogP contribution in [0.2, 0.25) is 5.02 Å². The minimum Gasteiger partial charge on any atom is -0.468 e. The Balaban J connectivity index is 1.67. The molecule has 9 nitrogen and oxygen atoms in total. The summed E-state index contributed by atoms with van der Waals surface area (Å²) in [5.74, 6) is -0.911. The molecule has 4 rings (SSSR count). The molecule has 4 N–H and O–H groups in total. The molecule has 4 aromatic rings. The molecular formula is C28H27ClN4O5S. The van der Waals surface area contributed by atoms with Crippen LogP contribution in [0.1, 0.15) is 33.6 Å². The zero-order chi connectivity index (χ0) is 28.3. The molecule has 1 heterocycles. The molecule has 0 bridgehead atoms. The molecule has 0 aliphatic carbocycles. The molecule has 11 heteroatoms. The predicted octanol–water partition coefficient (Wildman–Crippen LogP) is 4.60. The number of esters is 1. The van der Waals surface area contributed by atoms with Crippen LogP contribution in [0.25, 0.3) is 10.9 Å². The maximum atomic E-state index is 13.8. The number of nitrogens with one attached hydrogen (secondary N) is 2. The van der Waals surface area contributed by atoms with Crippen molar-refractivity contribution in [2.75, 3.05) is 18.0 Å². The van der Waals surface area contributed by atoms with E-state index >= 15 is 0 Å². The molecule has 0 radical (unpaired) electrons. The van der Waals surface area contributed by atoms with Crippen LogP contribution in [0.4, 0.5) is 5.69 Å². The number of amidine groups is 1. The SMILES string of the molecule is COC(=O)CN(c1ccc(Cl)cc1)S(=O)(=O)c1ccc2[nH]c(C)c(C(=O)CCc3ccc(C(=N)N)cc3)c2c1. The van der Waals surface area contributed by atoms with Crippen LogP contribution < -0.4 is 10.0 Å². The highest BCUT2D eigenvalue weighted by Crippen LogP contribution is 2.30. The van der Waals surface area contributed by atoms with E-state index in [0.717, 1.165) is 9.87 Å². The number of Topliss-reactive ketones (excluding diaryl/α,β-unsaturated/α-hetero) is 1. The van der Waals surface area contributed by atoms with Gasteiger partial charge in [-0.25, -0.2) is 8.42 Å². The number of benzene rings is 3. The number of carbonyl (C=O) groups excluding carboxylic acids is 2. The third kappa shape index (κ3) is 5.97. The zero-order valence-electron chi connectivity index (χ0n) is 21.3. The van der Waals surface area contributed by atoms with Crippen LogP contribution in [-0.2, 0) is 26.0 Å². The number of ketones is 1. The summed E-state index contributed by atoms with van der Waals surface area (Å²) in [5, 5.41) is 8.39. The summed E-state index contributed by atoms with van der Waals surface area (Å²) < 4.78 is 33.2. The van der Waals surface area contributed by atoms with Gasteiger partial charge in [0.15, 0.2) is 5.78 Å². The number of hydrogen-bond donors (Lipinski definition) is 3. The lowest BCUT2D eigenvalue weighted by Crippen LogP contribution is -2.36. The van der Waals surface area contributed by atoms with Gasteiger partial charge < -0.3 is 15.5 Å². The lowest BCUT2D eigenvalue weighted by atomic mass is 10.00. The monoisotopic (exact) mass is 566 g/mol. The lowest BCUT2D eigenvalue weighted by Gasteiger charge is -2.23. The minimum atomic E-state index is -4.23. The van der Waals surface area contributed by atoms with E-state index in [0.29, 0.717) is 39.2 Å². The third-order valence-corrected chi connectivity index (χ3v) is 8.37. The van der Waals surface area contributed by atoms with E-state index in [1.807, 2.05) is 12.1 Å². The highest BCUT2D eigenvalue weighted by Gasteiger charge is 2.29. The van der Waals surface area contributed by atoms with Crippen molar-refractivity contribution < 1.29 is 22.7 Å². The fraction of sp³-hybridized carbons (Fsp3) is 0.179. The Morgan fingerprint density at radius 1 is 1.05 bits per heavy atom. The number of H-pyrrole nitrogens is 1. The Bertz CT molecular complexity index is 1660. The molecule has 0 atom stereocenters. The fourth-order valence-corrected chi connectivity index (χ4v) is 5.85. The topological polar surface area (TPSA) is 146 Å². The second kappa shape index (κ2) is 11.3. The van der Waals surface area contributed by atoms with Gasteiger partial charge in [-0.1, -0.05) is 35.9 Å². The van der Waals surface area contributed by atoms with E-state index < -0.39 is 22.5 Å². The number of carbonyl (C=O) groups is 2. The standard InChI is InChI=1S/C28H27ClN4O5S/c1-17-27(25(34)14-5-18-3-6-19(7-4-18)28(30)31)23-15-22(12-13-24(23)32-17)39(36,37)33(16-26(35)38-2)21-10-8-20(29)9-11-21/h3-4,6-13,15,32H,5,14,16H2,1-2H3,(H3,30,31). The van der Waals surface area contributed by atoms with Gasteiger partial charge in [0.05, 0.1) is 17.7 Å². The van der Waals surface area contributed by atoms with Crippen molar-refractivity contribution in [2.45, 2.75) is 24.7 Å². The van der Waals surface area contributed by atoms with E-state index in [1.54, 1.807) is 25.1 Å². The molecule has 0 saturated heterocycles. The Kier molecular flexibility index (Phi) is 8.08. The second-order valence-electron chi connectivity index (χ2n) is 8.93. The molecule has 0 aliphatic heterocycles. The highest BCUT2D eigenvalue weighted by atomic mass is 35.5. The van der Waals surface area contributed by atoms with E-state index in [-0.39, 0.29) is 28.6 Å². The maximum absolute atomic E-state index is 13.8. The molecule has 3 aromatic carbocycles. The number of nitrogen functional groups attached to an aromatic ring is 1. The Morgan fingerprint density at radius 2 is 1.72 bits per heavy atom. The Hall–Kier alpha value is -4.15. The summed E-state index contributed by atoms with van der Waals surface area (Å²) >= 11 is 5.97. The summed E-state index contributed by atoms with van der Waals surface area (Å²) in [6.45, 7) is 1.22.